The number of aliphatic carboxylic acids is 1. The van der Waals surface area contributed by atoms with E-state index in [9.17, 15) is 19.2 Å². The lowest BCUT2D eigenvalue weighted by molar-refractivity contribution is -0.137. The van der Waals surface area contributed by atoms with E-state index >= 15 is 8.78 Å². The second-order valence-corrected chi connectivity index (χ2v) is 12.9. The maximum atomic E-state index is 15.5. The number of fused-ring (bicyclic) bond motifs is 2. The summed E-state index contributed by atoms with van der Waals surface area (Å²) < 4.78 is 54.0. The molecule has 13 heteroatoms. The molecule has 0 aliphatic carbocycles. The number of methoxy groups -OCH3 is 2. The maximum Gasteiger partial charge on any atom is 0.303 e. The smallest absolute Gasteiger partial charge is 0.303 e. The van der Waals surface area contributed by atoms with Crippen molar-refractivity contribution in [2.24, 2.45) is 5.92 Å². The third kappa shape index (κ3) is 8.00. The van der Waals surface area contributed by atoms with Gasteiger partial charge in [-0.1, -0.05) is 6.92 Å². The molecule has 1 N–H and O–H groups in total. The monoisotopic (exact) mass is 676 g/mol. The van der Waals surface area contributed by atoms with E-state index in [1.165, 1.54) is 33.3 Å². The first-order chi connectivity index (χ1) is 21.9. The molecule has 46 heavy (non-hydrogen) atoms. The van der Waals surface area contributed by atoms with E-state index in [4.69, 9.17) is 24.1 Å². The van der Waals surface area contributed by atoms with Crippen molar-refractivity contribution in [2.75, 3.05) is 27.4 Å². The van der Waals surface area contributed by atoms with Crippen molar-refractivity contribution in [2.45, 2.75) is 52.4 Å². The molecule has 0 spiro atoms. The van der Waals surface area contributed by atoms with Crippen LogP contribution in [0.4, 0.5) is 8.78 Å². The van der Waals surface area contributed by atoms with Crippen LogP contribution in [0.15, 0.2) is 24.3 Å². The van der Waals surface area contributed by atoms with Crippen LogP contribution in [-0.2, 0) is 9.59 Å². The van der Waals surface area contributed by atoms with E-state index in [1.54, 1.807) is 19.1 Å². The van der Waals surface area contributed by atoms with Crippen molar-refractivity contribution in [3.63, 3.8) is 0 Å². The number of carboxylic acid groups (broad SMARTS) is 1. The number of hydrogen-bond acceptors (Lipinski definition) is 10. The average molecular weight is 677 g/mol. The Balaban J connectivity index is 1.33. The summed E-state index contributed by atoms with van der Waals surface area (Å²) in [6.45, 7) is 3.44. The highest BCUT2D eigenvalue weighted by molar-refractivity contribution is 7.21. The Labute approximate surface area is 272 Å². The minimum absolute atomic E-state index is 0.0497. The zero-order valence-electron chi connectivity index (χ0n) is 25.8. The largest absolute Gasteiger partial charge is 0.493 e. The van der Waals surface area contributed by atoms with Crippen LogP contribution >= 0.6 is 22.7 Å². The van der Waals surface area contributed by atoms with E-state index in [2.05, 4.69) is 0 Å². The van der Waals surface area contributed by atoms with Crippen LogP contribution in [0, 0.1) is 17.6 Å². The fourth-order valence-electron chi connectivity index (χ4n) is 4.64. The quantitative estimate of drug-likeness (QED) is 0.0827. The van der Waals surface area contributed by atoms with Gasteiger partial charge in [0.1, 0.15) is 5.78 Å². The SMILES string of the molecule is COc1cc2sc(C(=O)CCC(=O)O)cc2c(F)c1OCCCCCOc1c(OC)cc2sc(C(=O)C[C@H](C)C(C)=O)cc2c1F. The molecule has 0 amide bonds. The van der Waals surface area contributed by atoms with Crippen LogP contribution in [-0.4, -0.2) is 55.9 Å². The van der Waals surface area contributed by atoms with Crippen molar-refractivity contribution < 1.29 is 52.0 Å². The molecule has 2 heterocycles. The average Bonchev–Trinajstić information content (AvgIpc) is 3.66. The number of hydrogen-bond donors (Lipinski definition) is 1. The summed E-state index contributed by atoms with van der Waals surface area (Å²) in [5.41, 5.74) is 0. The molecule has 0 saturated carbocycles. The Kier molecular flexibility index (Phi) is 11.7. The van der Waals surface area contributed by atoms with Crippen molar-refractivity contribution in [1.29, 1.82) is 0 Å². The number of carbonyl (C=O) groups is 4. The van der Waals surface area contributed by atoms with Crippen LogP contribution in [0.3, 0.4) is 0 Å². The van der Waals surface area contributed by atoms with Crippen LogP contribution in [0.1, 0.15) is 71.7 Å². The highest BCUT2D eigenvalue weighted by Gasteiger charge is 2.23. The van der Waals surface area contributed by atoms with Gasteiger partial charge in [-0.2, -0.15) is 0 Å². The van der Waals surface area contributed by atoms with Gasteiger partial charge in [0.15, 0.2) is 46.2 Å². The molecule has 1 atom stereocenters. The molecule has 246 valence electrons. The third-order valence-electron chi connectivity index (χ3n) is 7.39. The predicted octanol–water partition coefficient (Wildman–Crippen LogP) is 7.88. The molecule has 0 aliphatic rings. The minimum Gasteiger partial charge on any atom is -0.493 e. The summed E-state index contributed by atoms with van der Waals surface area (Å²) in [6, 6.07) is 6.08. The van der Waals surface area contributed by atoms with Gasteiger partial charge in [0, 0.05) is 51.1 Å². The van der Waals surface area contributed by atoms with Crippen LogP contribution in [0.5, 0.6) is 23.0 Å². The summed E-state index contributed by atoms with van der Waals surface area (Å²) in [6.07, 6.45) is 1.24. The number of rotatable bonds is 18. The summed E-state index contributed by atoms with van der Waals surface area (Å²) in [7, 11) is 2.78. The second kappa shape index (κ2) is 15.5. The second-order valence-electron chi connectivity index (χ2n) is 10.7. The number of carbonyl (C=O) groups excluding carboxylic acids is 3. The molecule has 2 aromatic carbocycles. The molecule has 0 radical (unpaired) electrons. The van der Waals surface area contributed by atoms with Gasteiger partial charge in [-0.3, -0.25) is 19.2 Å². The summed E-state index contributed by atoms with van der Waals surface area (Å²) in [4.78, 5) is 48.0. The molecule has 0 bridgehead atoms. The van der Waals surface area contributed by atoms with Gasteiger partial charge in [-0.15, -0.1) is 22.7 Å². The van der Waals surface area contributed by atoms with Gasteiger partial charge in [0.2, 0.25) is 0 Å². The fraction of sp³-hybridized carbons (Fsp3) is 0.394. The molecule has 0 fully saturated rings. The molecule has 0 unspecified atom stereocenters. The Morgan fingerprint density at radius 3 is 1.67 bits per heavy atom. The van der Waals surface area contributed by atoms with Crippen LogP contribution < -0.4 is 18.9 Å². The lowest BCUT2D eigenvalue weighted by Gasteiger charge is -2.13. The first kappa shape index (κ1) is 34.8. The van der Waals surface area contributed by atoms with E-state index in [-0.39, 0.29) is 88.5 Å². The van der Waals surface area contributed by atoms with Crippen LogP contribution in [0.25, 0.3) is 20.2 Å². The van der Waals surface area contributed by atoms with Gasteiger partial charge in [-0.25, -0.2) is 8.78 Å². The van der Waals surface area contributed by atoms with E-state index in [1.807, 2.05) is 0 Å². The number of ether oxygens (including phenoxy) is 4. The topological polar surface area (TPSA) is 125 Å². The number of halogens is 2. The Morgan fingerprint density at radius 2 is 1.24 bits per heavy atom. The number of Topliss-reactive ketones (excluding diaryl/α,β-unsaturated/α-hetero) is 3. The molecule has 0 aliphatic heterocycles. The lowest BCUT2D eigenvalue weighted by atomic mass is 10.00. The first-order valence-electron chi connectivity index (χ1n) is 14.6. The van der Waals surface area contributed by atoms with Gasteiger partial charge >= 0.3 is 5.97 Å². The molecule has 2 aromatic heterocycles. The predicted molar refractivity (Wildman–Crippen MR) is 172 cm³/mol. The van der Waals surface area contributed by atoms with Crippen molar-refractivity contribution in [1.82, 2.24) is 0 Å². The zero-order chi connectivity index (χ0) is 33.5. The number of ketones is 3. The van der Waals surface area contributed by atoms with Crippen molar-refractivity contribution in [3.05, 3.63) is 45.7 Å². The summed E-state index contributed by atoms with van der Waals surface area (Å²) in [5, 5.41) is 9.26. The van der Waals surface area contributed by atoms with E-state index in [0.29, 0.717) is 33.5 Å². The fourth-order valence-corrected chi connectivity index (χ4v) is 6.73. The van der Waals surface area contributed by atoms with E-state index in [0.717, 1.165) is 22.7 Å². The minimum atomic E-state index is -1.09. The normalized spacial score (nSPS) is 11.9. The third-order valence-corrected chi connectivity index (χ3v) is 9.63. The molecule has 4 rings (SSSR count). The number of thiophene rings is 2. The number of carboxylic acids is 1. The Morgan fingerprint density at radius 1 is 0.761 bits per heavy atom. The highest BCUT2D eigenvalue weighted by atomic mass is 32.1. The van der Waals surface area contributed by atoms with Crippen molar-refractivity contribution in [3.8, 4) is 23.0 Å². The molecule has 4 aromatic rings. The summed E-state index contributed by atoms with van der Waals surface area (Å²) in [5.74, 6) is -3.28. The number of unbranched alkanes of at least 4 members (excludes halogenated alkanes) is 2. The molecular formula is C33H34F2O9S2. The van der Waals surface area contributed by atoms with Gasteiger partial charge in [-0.05, 0) is 38.3 Å². The van der Waals surface area contributed by atoms with Crippen LogP contribution in [0.2, 0.25) is 0 Å². The first-order valence-corrected chi connectivity index (χ1v) is 16.2. The van der Waals surface area contributed by atoms with Crippen molar-refractivity contribution >= 4 is 66.2 Å². The van der Waals surface area contributed by atoms with E-state index < -0.39 is 23.5 Å². The maximum absolute atomic E-state index is 15.5. The van der Waals surface area contributed by atoms with Gasteiger partial charge in [0.05, 0.1) is 43.6 Å². The Bertz CT molecular complexity index is 1780. The molecule has 9 nitrogen and oxygen atoms in total. The molecular weight excluding hydrogens is 642 g/mol. The van der Waals surface area contributed by atoms with Gasteiger partial charge < -0.3 is 24.1 Å². The lowest BCUT2D eigenvalue weighted by Crippen LogP contribution is -2.11. The summed E-state index contributed by atoms with van der Waals surface area (Å²) >= 11 is 2.20. The highest BCUT2D eigenvalue weighted by Crippen LogP contribution is 2.42. The number of benzene rings is 2. The molecule has 0 saturated heterocycles. The van der Waals surface area contributed by atoms with Gasteiger partial charge in [0.25, 0.3) is 0 Å². The zero-order valence-corrected chi connectivity index (χ0v) is 27.5. The standard InChI is InChI=1S/C33H34F2O9S2/c1-17(18(2)36)12-22(38)28-14-20-26(46-28)16-24(42-4)33(31(20)35)44-11-7-5-6-10-43-32-23(41-3)15-25-19(30(32)34)13-27(45-25)21(37)8-9-29(39)40/h13-17H,5-12H2,1-4H3,(H,39,40)/t17-/m0/s1. The Hall–Kier alpha value is -4.10.